The summed E-state index contributed by atoms with van der Waals surface area (Å²) in [5.41, 5.74) is 0. The Hall–Kier alpha value is 0.560. The summed E-state index contributed by atoms with van der Waals surface area (Å²) in [4.78, 5) is 0. The third kappa shape index (κ3) is 9.74. The van der Waals surface area contributed by atoms with E-state index in [-0.39, 0.29) is 13.2 Å². The first-order valence-corrected chi connectivity index (χ1v) is 13.4. The highest BCUT2D eigenvalue weighted by atomic mass is 31.3. The van der Waals surface area contributed by atoms with E-state index in [1.165, 1.54) is 27.7 Å². The summed E-state index contributed by atoms with van der Waals surface area (Å²) < 4.78 is 92.5. The standard InChI is InChI=1S/C10H26O13P4/c1-8-18-25(12,17-7)22-26(13,19-9-2)23-27(14,20-10(3)4)21-24(11,15-5)16-6/h10H,8-9H2,1-7H3. The fourth-order valence-electron chi connectivity index (χ4n) is 1.31. The molecule has 0 aromatic rings. The Balaban J connectivity index is 5.89. The van der Waals surface area contributed by atoms with Crippen molar-refractivity contribution in [2.75, 3.05) is 34.5 Å². The van der Waals surface area contributed by atoms with Gasteiger partial charge in [0.1, 0.15) is 0 Å². The van der Waals surface area contributed by atoms with Crippen LogP contribution >= 0.6 is 31.3 Å². The van der Waals surface area contributed by atoms with Gasteiger partial charge >= 0.3 is 31.3 Å². The fraction of sp³-hybridized carbons (Fsp3) is 1.00. The molecule has 0 N–H and O–H groups in total. The molecule has 0 radical (unpaired) electrons. The normalized spacial score (nSPS) is 19.4. The lowest BCUT2D eigenvalue weighted by Gasteiger charge is -2.26. The van der Waals surface area contributed by atoms with Crippen molar-refractivity contribution < 1.29 is 58.3 Å². The van der Waals surface area contributed by atoms with Crippen molar-refractivity contribution in [3.05, 3.63) is 0 Å². The van der Waals surface area contributed by atoms with E-state index in [1.807, 2.05) is 0 Å². The average molecular weight is 478 g/mol. The lowest BCUT2D eigenvalue weighted by molar-refractivity contribution is 0.113. The molecule has 0 amide bonds. The third-order valence-electron chi connectivity index (χ3n) is 2.19. The van der Waals surface area contributed by atoms with E-state index in [2.05, 4.69) is 13.6 Å². The molecule has 17 heteroatoms. The minimum absolute atomic E-state index is 0.142. The molecule has 0 aromatic carbocycles. The van der Waals surface area contributed by atoms with E-state index in [0.29, 0.717) is 0 Å². The zero-order valence-electron chi connectivity index (χ0n) is 16.1. The molecular weight excluding hydrogens is 452 g/mol. The van der Waals surface area contributed by atoms with Gasteiger partial charge in [-0.2, -0.15) is 12.9 Å². The Bertz CT molecular complexity index is 627. The van der Waals surface area contributed by atoms with Crippen molar-refractivity contribution in [2.24, 2.45) is 0 Å². The summed E-state index contributed by atoms with van der Waals surface area (Å²) in [7, 11) is -15.9. The highest BCUT2D eigenvalue weighted by Gasteiger charge is 2.50. The van der Waals surface area contributed by atoms with Crippen molar-refractivity contribution in [1.82, 2.24) is 0 Å². The van der Waals surface area contributed by atoms with E-state index in [0.717, 1.165) is 21.3 Å². The maximum Gasteiger partial charge on any atom is 0.492 e. The zero-order valence-corrected chi connectivity index (χ0v) is 19.7. The van der Waals surface area contributed by atoms with Crippen molar-refractivity contribution >= 4 is 31.3 Å². The smallest absolute Gasteiger partial charge is 0.290 e. The molecule has 0 fully saturated rings. The highest BCUT2D eigenvalue weighted by Crippen LogP contribution is 2.76. The Labute approximate surface area is 158 Å². The van der Waals surface area contributed by atoms with Crippen LogP contribution in [0.25, 0.3) is 0 Å². The van der Waals surface area contributed by atoms with Crippen LogP contribution in [0.3, 0.4) is 0 Å². The van der Waals surface area contributed by atoms with Gasteiger partial charge in [-0.25, -0.2) is 18.3 Å². The predicted molar refractivity (Wildman–Crippen MR) is 94.2 cm³/mol. The summed E-state index contributed by atoms with van der Waals surface area (Å²) in [6.07, 6.45) is -0.825. The minimum atomic E-state index is -4.96. The number of phosphoric acid groups is 4. The Morgan fingerprint density at radius 2 is 1.00 bits per heavy atom. The van der Waals surface area contributed by atoms with E-state index in [4.69, 9.17) is 26.5 Å². The first kappa shape index (κ1) is 27.6. The maximum atomic E-state index is 12.9. The van der Waals surface area contributed by atoms with Gasteiger partial charge in [0, 0.05) is 21.3 Å². The van der Waals surface area contributed by atoms with Crippen LogP contribution in [0, 0.1) is 0 Å². The molecule has 0 spiro atoms. The molecule has 13 nitrogen and oxygen atoms in total. The third-order valence-corrected chi connectivity index (χ3v) is 10.2. The van der Waals surface area contributed by atoms with Crippen LogP contribution < -0.4 is 0 Å². The van der Waals surface area contributed by atoms with Crippen molar-refractivity contribution in [1.29, 1.82) is 0 Å². The molecular formula is C10H26O13P4. The second-order valence-corrected chi connectivity index (χ2v) is 11.9. The van der Waals surface area contributed by atoms with E-state index in [1.54, 1.807) is 0 Å². The first-order chi connectivity index (χ1) is 12.3. The van der Waals surface area contributed by atoms with Gasteiger partial charge in [-0.3, -0.25) is 27.1 Å². The van der Waals surface area contributed by atoms with E-state index < -0.39 is 37.4 Å². The molecule has 0 rings (SSSR count). The van der Waals surface area contributed by atoms with Gasteiger partial charge in [-0.1, -0.05) is 0 Å². The van der Waals surface area contributed by atoms with Gasteiger partial charge in [-0.05, 0) is 27.7 Å². The monoisotopic (exact) mass is 478 g/mol. The topological polar surface area (TPSA) is 151 Å². The predicted octanol–water partition coefficient (Wildman–Crippen LogP) is 4.91. The van der Waals surface area contributed by atoms with Gasteiger partial charge in [0.25, 0.3) is 0 Å². The minimum Gasteiger partial charge on any atom is -0.290 e. The first-order valence-electron chi connectivity index (χ1n) is 7.53. The summed E-state index contributed by atoms with van der Waals surface area (Å²) >= 11 is 0. The van der Waals surface area contributed by atoms with Crippen LogP contribution in [0.5, 0.6) is 0 Å². The van der Waals surface area contributed by atoms with Crippen molar-refractivity contribution in [3.8, 4) is 0 Å². The number of hydrogen-bond donors (Lipinski definition) is 0. The van der Waals surface area contributed by atoms with Crippen LogP contribution in [0.1, 0.15) is 27.7 Å². The molecule has 0 saturated carbocycles. The SMILES string of the molecule is CCOP(=O)(OC)OP(=O)(OCC)OP(=O)(OC(C)C)OP(=O)(OC)OC. The second-order valence-electron chi connectivity index (χ2n) is 4.57. The van der Waals surface area contributed by atoms with Gasteiger partial charge in [0.15, 0.2) is 0 Å². The lowest BCUT2D eigenvalue weighted by atomic mass is 10.5. The summed E-state index contributed by atoms with van der Waals surface area (Å²) in [5.74, 6) is 0. The molecule has 0 bridgehead atoms. The quantitative estimate of drug-likeness (QED) is 0.294. The van der Waals surface area contributed by atoms with Crippen LogP contribution in [0.4, 0.5) is 0 Å². The highest BCUT2D eigenvalue weighted by molar-refractivity contribution is 7.70. The molecule has 0 aliphatic rings. The molecule has 164 valence electrons. The average Bonchev–Trinajstić information content (AvgIpc) is 2.53. The van der Waals surface area contributed by atoms with Crippen LogP contribution in [-0.4, -0.2) is 40.6 Å². The van der Waals surface area contributed by atoms with Crippen molar-refractivity contribution in [2.45, 2.75) is 33.8 Å². The van der Waals surface area contributed by atoms with Crippen LogP contribution in [0.2, 0.25) is 0 Å². The zero-order chi connectivity index (χ0) is 21.4. The molecule has 27 heavy (non-hydrogen) atoms. The van der Waals surface area contributed by atoms with Gasteiger partial charge in [-0.15, -0.1) is 0 Å². The molecule has 0 aromatic heterocycles. The Kier molecular flexibility index (Phi) is 11.9. The molecule has 0 saturated heterocycles. The van der Waals surface area contributed by atoms with Gasteiger partial charge < -0.3 is 0 Å². The maximum absolute atomic E-state index is 12.9. The summed E-state index contributed by atoms with van der Waals surface area (Å²) in [5, 5.41) is 0. The molecule has 0 heterocycles. The van der Waals surface area contributed by atoms with Gasteiger partial charge in [0.2, 0.25) is 0 Å². The fourth-order valence-corrected chi connectivity index (χ4v) is 8.10. The molecule has 0 aliphatic heterocycles. The lowest BCUT2D eigenvalue weighted by Crippen LogP contribution is -2.08. The van der Waals surface area contributed by atoms with Crippen molar-refractivity contribution in [3.63, 3.8) is 0 Å². The Morgan fingerprint density at radius 1 is 0.630 bits per heavy atom. The van der Waals surface area contributed by atoms with E-state index >= 15 is 0 Å². The molecule has 3 unspecified atom stereocenters. The van der Waals surface area contributed by atoms with Gasteiger partial charge in [0.05, 0.1) is 19.3 Å². The molecule has 0 aliphatic carbocycles. The second kappa shape index (κ2) is 11.7. The Morgan fingerprint density at radius 3 is 1.37 bits per heavy atom. The number of phosphoric ester groups is 2. The summed E-state index contributed by atoms with van der Waals surface area (Å²) in [6, 6.07) is 0. The largest absolute Gasteiger partial charge is 0.492 e. The molecule has 3 atom stereocenters. The van der Waals surface area contributed by atoms with Crippen LogP contribution in [-0.2, 0) is 58.3 Å². The summed E-state index contributed by atoms with van der Waals surface area (Å²) in [6.45, 7) is 5.28. The number of hydrogen-bond acceptors (Lipinski definition) is 13. The van der Waals surface area contributed by atoms with Crippen LogP contribution in [0.15, 0.2) is 0 Å². The number of rotatable bonds is 15. The van der Waals surface area contributed by atoms with E-state index in [9.17, 15) is 18.3 Å².